The summed E-state index contributed by atoms with van der Waals surface area (Å²) in [5, 5.41) is 1.07. The van der Waals surface area contributed by atoms with E-state index in [1.807, 2.05) is 42.7 Å². The van der Waals surface area contributed by atoms with Crippen molar-refractivity contribution in [3.63, 3.8) is 0 Å². The van der Waals surface area contributed by atoms with E-state index in [-0.39, 0.29) is 18.0 Å². The molecule has 1 aromatic carbocycles. The molecule has 3 heterocycles. The maximum atomic E-state index is 13.2. The summed E-state index contributed by atoms with van der Waals surface area (Å²) in [6, 6.07) is 8.98. The minimum Gasteiger partial charge on any atom is -0.444 e. The molecule has 190 valence electrons. The summed E-state index contributed by atoms with van der Waals surface area (Å²) in [5.74, 6) is 0.137. The Balaban J connectivity index is 1.23. The molecule has 0 radical (unpaired) electrons. The fourth-order valence-corrected chi connectivity index (χ4v) is 6.05. The first-order valence-corrected chi connectivity index (χ1v) is 13.4. The van der Waals surface area contributed by atoms with Gasteiger partial charge < -0.3 is 19.1 Å². The third kappa shape index (κ3) is 5.35. The van der Waals surface area contributed by atoms with Gasteiger partial charge >= 0.3 is 6.09 Å². The van der Waals surface area contributed by atoms with Crippen LogP contribution >= 0.6 is 0 Å². The smallest absolute Gasteiger partial charge is 0.410 e. The molecule has 2 aromatic rings. The molecular weight excluding hydrogens is 440 g/mol. The van der Waals surface area contributed by atoms with Gasteiger partial charge in [-0.25, -0.2) is 4.79 Å². The molecule has 3 aliphatic rings. The van der Waals surface area contributed by atoms with E-state index in [1.54, 1.807) is 0 Å². The van der Waals surface area contributed by atoms with Crippen LogP contribution < -0.4 is 0 Å². The molecule has 0 N–H and O–H groups in total. The number of ether oxygens (including phenoxy) is 1. The molecule has 5 rings (SSSR count). The number of carbonyl (C=O) groups excluding carboxylic acids is 2. The fourth-order valence-electron chi connectivity index (χ4n) is 6.05. The lowest BCUT2D eigenvalue weighted by Gasteiger charge is -2.38. The average Bonchev–Trinajstić information content (AvgIpc) is 3.59. The lowest BCUT2D eigenvalue weighted by atomic mass is 10.1. The van der Waals surface area contributed by atoms with Crippen molar-refractivity contribution in [2.24, 2.45) is 0 Å². The first-order chi connectivity index (χ1) is 16.8. The van der Waals surface area contributed by atoms with Gasteiger partial charge in [-0.1, -0.05) is 12.8 Å². The van der Waals surface area contributed by atoms with E-state index in [0.717, 1.165) is 74.6 Å². The predicted octanol–water partition coefficient (Wildman–Crippen LogP) is 4.74. The second-order valence-corrected chi connectivity index (χ2v) is 11.5. The standard InChI is InChI=1S/C28H40N4O3/c1-28(2,3)35-27(34)32-13-6-9-24(32)20-31-14-12-21-19-22(10-11-25(21)31)26(33)30-17-15-29(16-18-30)23-7-4-5-8-23/h10-12,14,19,23-24H,4-9,13,15-18,20H2,1-3H3. The molecule has 2 aliphatic heterocycles. The van der Waals surface area contributed by atoms with Gasteiger partial charge in [0.1, 0.15) is 5.60 Å². The number of rotatable bonds is 4. The molecule has 1 atom stereocenters. The van der Waals surface area contributed by atoms with E-state index >= 15 is 0 Å². The van der Waals surface area contributed by atoms with Crippen LogP contribution in [0.3, 0.4) is 0 Å². The second kappa shape index (κ2) is 9.84. The summed E-state index contributed by atoms with van der Waals surface area (Å²) in [7, 11) is 0. The van der Waals surface area contributed by atoms with Gasteiger partial charge in [-0.3, -0.25) is 9.69 Å². The van der Waals surface area contributed by atoms with Gasteiger partial charge in [-0.05, 0) is 70.7 Å². The highest BCUT2D eigenvalue weighted by Gasteiger charge is 2.33. The highest BCUT2D eigenvalue weighted by Crippen LogP contribution is 2.27. The highest BCUT2D eigenvalue weighted by atomic mass is 16.6. The molecule has 35 heavy (non-hydrogen) atoms. The van der Waals surface area contributed by atoms with Crippen LogP contribution in [0, 0.1) is 0 Å². The van der Waals surface area contributed by atoms with Crippen molar-refractivity contribution >= 4 is 22.9 Å². The molecule has 0 spiro atoms. The second-order valence-electron chi connectivity index (χ2n) is 11.5. The van der Waals surface area contributed by atoms with Crippen LogP contribution in [0.15, 0.2) is 30.5 Å². The monoisotopic (exact) mass is 480 g/mol. The molecule has 2 amide bonds. The molecule has 2 saturated heterocycles. The summed E-state index contributed by atoms with van der Waals surface area (Å²) >= 11 is 0. The highest BCUT2D eigenvalue weighted by molar-refractivity contribution is 5.98. The van der Waals surface area contributed by atoms with Crippen molar-refractivity contribution in [1.29, 1.82) is 0 Å². The Labute approximate surface area is 209 Å². The van der Waals surface area contributed by atoms with Crippen LogP contribution in [-0.2, 0) is 11.3 Å². The number of benzene rings is 1. The SMILES string of the molecule is CC(C)(C)OC(=O)N1CCCC1Cn1ccc2cc(C(=O)N3CCN(C4CCCC4)CC3)ccc21. The minimum atomic E-state index is -0.490. The Morgan fingerprint density at radius 2 is 1.69 bits per heavy atom. The van der Waals surface area contributed by atoms with Crippen molar-refractivity contribution in [3.05, 3.63) is 36.0 Å². The van der Waals surface area contributed by atoms with Gasteiger partial charge in [0.25, 0.3) is 5.91 Å². The van der Waals surface area contributed by atoms with Gasteiger partial charge in [-0.2, -0.15) is 0 Å². The van der Waals surface area contributed by atoms with Crippen LogP contribution in [0.2, 0.25) is 0 Å². The summed E-state index contributed by atoms with van der Waals surface area (Å²) < 4.78 is 7.83. The predicted molar refractivity (Wildman–Crippen MR) is 138 cm³/mol. The number of amides is 2. The molecule has 1 saturated carbocycles. The first-order valence-electron chi connectivity index (χ1n) is 13.4. The number of hydrogen-bond donors (Lipinski definition) is 0. The fraction of sp³-hybridized carbons (Fsp3) is 0.643. The lowest BCUT2D eigenvalue weighted by Crippen LogP contribution is -2.51. The Bertz CT molecular complexity index is 1060. The van der Waals surface area contributed by atoms with Gasteiger partial charge in [0.2, 0.25) is 0 Å². The van der Waals surface area contributed by atoms with Crippen LogP contribution in [0.1, 0.15) is 69.7 Å². The largest absolute Gasteiger partial charge is 0.444 e. The number of aromatic nitrogens is 1. The molecule has 0 bridgehead atoms. The zero-order valence-electron chi connectivity index (χ0n) is 21.5. The van der Waals surface area contributed by atoms with E-state index < -0.39 is 5.60 Å². The number of fused-ring (bicyclic) bond motifs is 1. The van der Waals surface area contributed by atoms with Crippen molar-refractivity contribution in [2.75, 3.05) is 32.7 Å². The van der Waals surface area contributed by atoms with Crippen molar-refractivity contribution in [1.82, 2.24) is 19.3 Å². The van der Waals surface area contributed by atoms with Gasteiger partial charge in [0.05, 0.1) is 6.04 Å². The number of hydrogen-bond acceptors (Lipinski definition) is 4. The summed E-state index contributed by atoms with van der Waals surface area (Å²) in [6.45, 7) is 10.8. The Morgan fingerprint density at radius 1 is 0.943 bits per heavy atom. The normalized spacial score (nSPS) is 22.3. The summed E-state index contributed by atoms with van der Waals surface area (Å²) in [5.41, 5.74) is 1.38. The Morgan fingerprint density at radius 3 is 2.40 bits per heavy atom. The van der Waals surface area contributed by atoms with E-state index in [4.69, 9.17) is 4.74 Å². The van der Waals surface area contributed by atoms with E-state index in [0.29, 0.717) is 0 Å². The number of nitrogens with zero attached hydrogens (tertiary/aromatic N) is 4. The number of carbonyl (C=O) groups is 2. The van der Waals surface area contributed by atoms with E-state index in [1.165, 1.54) is 25.7 Å². The maximum absolute atomic E-state index is 13.2. The lowest BCUT2D eigenvalue weighted by molar-refractivity contribution is 0.0215. The number of likely N-dealkylation sites (tertiary alicyclic amines) is 1. The van der Waals surface area contributed by atoms with Crippen molar-refractivity contribution in [3.8, 4) is 0 Å². The third-order valence-corrected chi connectivity index (χ3v) is 7.87. The summed E-state index contributed by atoms with van der Waals surface area (Å²) in [6.07, 6.45) is 9.16. The van der Waals surface area contributed by atoms with E-state index in [9.17, 15) is 9.59 Å². The van der Waals surface area contributed by atoms with Crippen LogP contribution in [0.4, 0.5) is 4.79 Å². The molecule has 1 aliphatic carbocycles. The van der Waals surface area contributed by atoms with Crippen LogP contribution in [0.5, 0.6) is 0 Å². The third-order valence-electron chi connectivity index (χ3n) is 7.87. The minimum absolute atomic E-state index is 0.123. The van der Waals surface area contributed by atoms with Crippen molar-refractivity contribution in [2.45, 2.75) is 83.5 Å². The maximum Gasteiger partial charge on any atom is 0.410 e. The Hall–Kier alpha value is -2.54. The Kier molecular flexibility index (Phi) is 6.80. The van der Waals surface area contributed by atoms with Gasteiger partial charge in [0.15, 0.2) is 0 Å². The molecule has 1 unspecified atom stereocenters. The van der Waals surface area contributed by atoms with Gasteiger partial charge in [0, 0.05) is 68.0 Å². The van der Waals surface area contributed by atoms with E-state index in [2.05, 4.69) is 27.8 Å². The molecular formula is C28H40N4O3. The number of piperazine rings is 1. The van der Waals surface area contributed by atoms with Crippen molar-refractivity contribution < 1.29 is 14.3 Å². The first kappa shape index (κ1) is 24.2. The quantitative estimate of drug-likeness (QED) is 0.634. The summed E-state index contributed by atoms with van der Waals surface area (Å²) in [4.78, 5) is 32.4. The zero-order valence-corrected chi connectivity index (χ0v) is 21.5. The van der Waals surface area contributed by atoms with Crippen LogP contribution in [0.25, 0.3) is 10.9 Å². The topological polar surface area (TPSA) is 58.0 Å². The molecule has 1 aromatic heterocycles. The van der Waals surface area contributed by atoms with Gasteiger partial charge in [-0.15, -0.1) is 0 Å². The molecule has 3 fully saturated rings. The zero-order chi connectivity index (χ0) is 24.6. The van der Waals surface area contributed by atoms with Crippen LogP contribution in [-0.4, -0.2) is 81.7 Å². The molecule has 7 nitrogen and oxygen atoms in total. The molecule has 7 heteroatoms. The average molecular weight is 481 g/mol.